The van der Waals surface area contributed by atoms with Crippen LogP contribution >= 0.6 is 11.3 Å². The fraction of sp³-hybridized carbons (Fsp3) is 0.200. The van der Waals surface area contributed by atoms with Crippen LogP contribution in [0.25, 0.3) is 10.1 Å². The van der Waals surface area contributed by atoms with E-state index in [1.165, 1.54) is 4.70 Å². The highest BCUT2D eigenvalue weighted by Crippen LogP contribution is 2.29. The number of nitrogen functional groups attached to an aromatic ring is 1. The van der Waals surface area contributed by atoms with Gasteiger partial charge in [-0.15, -0.1) is 11.3 Å². The van der Waals surface area contributed by atoms with Crippen LogP contribution in [-0.2, 0) is 6.61 Å². The minimum Gasteiger partial charge on any atom is -0.398 e. The van der Waals surface area contributed by atoms with Crippen LogP contribution in [0.1, 0.15) is 11.1 Å². The first kappa shape index (κ1) is 8.53. The van der Waals surface area contributed by atoms with E-state index in [4.69, 9.17) is 10.8 Å². The lowest BCUT2D eigenvalue weighted by Crippen LogP contribution is -1.89. The lowest BCUT2D eigenvalue weighted by Gasteiger charge is -2.00. The quantitative estimate of drug-likeness (QED) is 0.682. The van der Waals surface area contributed by atoms with Crippen molar-refractivity contribution >= 4 is 27.1 Å². The Balaban J connectivity index is 2.77. The summed E-state index contributed by atoms with van der Waals surface area (Å²) in [6.07, 6.45) is 0. The molecule has 0 bridgehead atoms. The molecule has 0 aliphatic heterocycles. The van der Waals surface area contributed by atoms with Crippen molar-refractivity contribution in [3.05, 3.63) is 28.6 Å². The van der Waals surface area contributed by atoms with Crippen LogP contribution in [-0.4, -0.2) is 5.11 Å². The lowest BCUT2D eigenvalue weighted by molar-refractivity contribution is 0.284. The number of hydrogen-bond donors (Lipinski definition) is 2. The number of thiophene rings is 1. The second-order valence-corrected chi connectivity index (χ2v) is 4.04. The van der Waals surface area contributed by atoms with Crippen LogP contribution in [0.3, 0.4) is 0 Å². The molecule has 3 N–H and O–H groups in total. The van der Waals surface area contributed by atoms with Crippen molar-refractivity contribution in [3.8, 4) is 0 Å². The van der Waals surface area contributed by atoms with Gasteiger partial charge in [0.15, 0.2) is 0 Å². The van der Waals surface area contributed by atoms with Crippen molar-refractivity contribution in [2.24, 2.45) is 0 Å². The van der Waals surface area contributed by atoms with E-state index in [0.717, 1.165) is 22.2 Å². The molecule has 0 unspecified atom stereocenters. The summed E-state index contributed by atoms with van der Waals surface area (Å²) in [6, 6.07) is 4.00. The van der Waals surface area contributed by atoms with E-state index in [0.29, 0.717) is 0 Å². The summed E-state index contributed by atoms with van der Waals surface area (Å²) in [5.41, 5.74) is 8.64. The summed E-state index contributed by atoms with van der Waals surface area (Å²) in [6.45, 7) is 2.08. The standard InChI is InChI=1S/C10H11NOS/c1-6-2-10-8(3-9(6)11)7(4-12)5-13-10/h2-3,5,12H,4,11H2,1H3. The SMILES string of the molecule is Cc1cc2scc(CO)c2cc1N. The zero-order valence-electron chi connectivity index (χ0n) is 7.37. The van der Waals surface area contributed by atoms with Crippen molar-refractivity contribution < 1.29 is 5.11 Å². The number of fused-ring (bicyclic) bond motifs is 1. The predicted octanol–water partition coefficient (Wildman–Crippen LogP) is 2.28. The summed E-state index contributed by atoms with van der Waals surface area (Å²) < 4.78 is 1.19. The highest BCUT2D eigenvalue weighted by molar-refractivity contribution is 7.17. The minimum absolute atomic E-state index is 0.0858. The van der Waals surface area contributed by atoms with Gasteiger partial charge in [-0.3, -0.25) is 0 Å². The molecule has 0 saturated heterocycles. The maximum absolute atomic E-state index is 9.05. The van der Waals surface area contributed by atoms with Crippen LogP contribution in [0, 0.1) is 6.92 Å². The van der Waals surface area contributed by atoms with E-state index in [9.17, 15) is 0 Å². The molecule has 0 atom stereocenters. The molecule has 0 spiro atoms. The van der Waals surface area contributed by atoms with Gasteiger partial charge in [0.2, 0.25) is 0 Å². The molecule has 1 aromatic heterocycles. The molecular weight excluding hydrogens is 182 g/mol. The average Bonchev–Trinajstić information content (AvgIpc) is 2.48. The summed E-state index contributed by atoms with van der Waals surface area (Å²) in [7, 11) is 0. The monoisotopic (exact) mass is 193 g/mol. The molecule has 2 nitrogen and oxygen atoms in total. The molecule has 0 saturated carbocycles. The molecule has 0 amide bonds. The Morgan fingerprint density at radius 2 is 2.23 bits per heavy atom. The highest BCUT2D eigenvalue weighted by Gasteiger charge is 2.04. The molecule has 2 aromatic rings. The smallest absolute Gasteiger partial charge is 0.0696 e. The average molecular weight is 193 g/mol. The van der Waals surface area contributed by atoms with Crippen LogP contribution in [0.4, 0.5) is 5.69 Å². The Morgan fingerprint density at radius 1 is 1.46 bits per heavy atom. The van der Waals surface area contributed by atoms with E-state index in [1.807, 2.05) is 18.4 Å². The Morgan fingerprint density at radius 3 is 2.92 bits per heavy atom. The molecule has 0 radical (unpaired) electrons. The number of aliphatic hydroxyl groups excluding tert-OH is 1. The van der Waals surface area contributed by atoms with Crippen molar-refractivity contribution in [2.75, 3.05) is 5.73 Å². The van der Waals surface area contributed by atoms with Gasteiger partial charge in [0, 0.05) is 10.4 Å². The molecule has 68 valence electrons. The molecule has 0 fully saturated rings. The Bertz CT molecular complexity index is 447. The first-order valence-corrected chi connectivity index (χ1v) is 4.97. The van der Waals surface area contributed by atoms with Gasteiger partial charge in [-0.1, -0.05) is 0 Å². The molecule has 1 heterocycles. The Labute approximate surface area is 80.6 Å². The number of rotatable bonds is 1. The van der Waals surface area contributed by atoms with E-state index >= 15 is 0 Å². The largest absolute Gasteiger partial charge is 0.398 e. The topological polar surface area (TPSA) is 46.2 Å². The third kappa shape index (κ3) is 1.30. The summed E-state index contributed by atoms with van der Waals surface area (Å²) >= 11 is 1.65. The van der Waals surface area contributed by atoms with Gasteiger partial charge >= 0.3 is 0 Å². The van der Waals surface area contributed by atoms with Crippen LogP contribution in [0.15, 0.2) is 17.5 Å². The van der Waals surface area contributed by atoms with Gasteiger partial charge in [-0.25, -0.2) is 0 Å². The molecule has 1 aromatic carbocycles. The van der Waals surface area contributed by atoms with Gasteiger partial charge in [0.25, 0.3) is 0 Å². The van der Waals surface area contributed by atoms with Crippen molar-refractivity contribution in [1.82, 2.24) is 0 Å². The van der Waals surface area contributed by atoms with Crippen molar-refractivity contribution in [1.29, 1.82) is 0 Å². The minimum atomic E-state index is 0.0858. The molecule has 3 heteroatoms. The first-order valence-electron chi connectivity index (χ1n) is 4.09. The van der Waals surface area contributed by atoms with Crippen LogP contribution in [0.2, 0.25) is 0 Å². The molecule has 2 rings (SSSR count). The molecular formula is C10H11NOS. The number of aliphatic hydroxyl groups is 1. The van der Waals surface area contributed by atoms with Gasteiger partial charge < -0.3 is 10.8 Å². The summed E-state index contributed by atoms with van der Waals surface area (Å²) in [5, 5.41) is 12.1. The zero-order chi connectivity index (χ0) is 9.42. The van der Waals surface area contributed by atoms with E-state index in [1.54, 1.807) is 11.3 Å². The summed E-state index contributed by atoms with van der Waals surface area (Å²) in [4.78, 5) is 0. The Kier molecular flexibility index (Phi) is 1.98. The fourth-order valence-electron chi connectivity index (χ4n) is 1.37. The van der Waals surface area contributed by atoms with E-state index in [-0.39, 0.29) is 6.61 Å². The molecule has 0 aliphatic carbocycles. The molecule has 0 aliphatic rings. The van der Waals surface area contributed by atoms with Gasteiger partial charge in [0.1, 0.15) is 0 Å². The fourth-order valence-corrected chi connectivity index (χ4v) is 2.40. The predicted molar refractivity (Wildman–Crippen MR) is 56.9 cm³/mol. The van der Waals surface area contributed by atoms with Crippen LogP contribution < -0.4 is 5.73 Å². The van der Waals surface area contributed by atoms with Gasteiger partial charge in [0.05, 0.1) is 6.61 Å². The van der Waals surface area contributed by atoms with E-state index < -0.39 is 0 Å². The summed E-state index contributed by atoms with van der Waals surface area (Å²) in [5.74, 6) is 0. The number of hydrogen-bond acceptors (Lipinski definition) is 3. The van der Waals surface area contributed by atoms with Gasteiger partial charge in [-0.2, -0.15) is 0 Å². The first-order chi connectivity index (χ1) is 6.22. The van der Waals surface area contributed by atoms with Crippen LogP contribution in [0.5, 0.6) is 0 Å². The number of benzene rings is 1. The zero-order valence-corrected chi connectivity index (χ0v) is 8.19. The second kappa shape index (κ2) is 3.01. The second-order valence-electron chi connectivity index (χ2n) is 3.12. The lowest BCUT2D eigenvalue weighted by atomic mass is 10.1. The third-order valence-corrected chi connectivity index (χ3v) is 3.21. The maximum atomic E-state index is 9.05. The van der Waals surface area contributed by atoms with Gasteiger partial charge in [-0.05, 0) is 40.9 Å². The number of aryl methyl sites for hydroxylation is 1. The van der Waals surface area contributed by atoms with E-state index in [2.05, 4.69) is 6.07 Å². The maximum Gasteiger partial charge on any atom is 0.0696 e. The third-order valence-electron chi connectivity index (χ3n) is 2.21. The highest BCUT2D eigenvalue weighted by atomic mass is 32.1. The number of anilines is 1. The Hall–Kier alpha value is -1.06. The number of nitrogens with two attached hydrogens (primary N) is 1. The van der Waals surface area contributed by atoms with Crippen molar-refractivity contribution in [3.63, 3.8) is 0 Å². The normalized spacial score (nSPS) is 10.9. The molecule has 13 heavy (non-hydrogen) atoms. The van der Waals surface area contributed by atoms with Crippen molar-refractivity contribution in [2.45, 2.75) is 13.5 Å².